The number of unbranched alkanes of at least 4 members (excludes halogenated alkanes) is 5. The fraction of sp³-hybridized carbons (Fsp3) is 0.531. The minimum Gasteiger partial charge on any atom is -0.481 e. The number of carboxylic acids is 3. The van der Waals surface area contributed by atoms with Crippen LogP contribution in [0.3, 0.4) is 0 Å². The number of ketones is 2. The van der Waals surface area contributed by atoms with E-state index in [0.717, 1.165) is 35.7 Å². The molecule has 22 nitrogen and oxygen atoms in total. The van der Waals surface area contributed by atoms with Crippen molar-refractivity contribution in [1.82, 2.24) is 36.4 Å². The molecule has 2 aromatic carbocycles. The Hall–Kier alpha value is -6.88. The number of Topliss-reactive ketones (excluding diaryl/α,β-unsaturated/α-hetero) is 2. The number of hydrogen-bond acceptors (Lipinski definition) is 14. The number of nitrogens with zero attached hydrogens (tertiary/aromatic N) is 2. The van der Waals surface area contributed by atoms with Gasteiger partial charge in [0.25, 0.3) is 6.47 Å². The maximum Gasteiger partial charge on any atom is 0.327 e. The van der Waals surface area contributed by atoms with Crippen molar-refractivity contribution in [3.8, 4) is 0 Å². The first-order valence-corrected chi connectivity index (χ1v) is 25.0. The lowest BCUT2D eigenvalue weighted by Gasteiger charge is -2.33. The van der Waals surface area contributed by atoms with Crippen LogP contribution in [0.4, 0.5) is 4.79 Å². The summed E-state index contributed by atoms with van der Waals surface area (Å²) in [6.45, 7) is 1.37. The normalized spacial score (nSPS) is 20.5. The van der Waals surface area contributed by atoms with Crippen LogP contribution in [0.1, 0.15) is 102 Å². The second-order valence-electron chi connectivity index (χ2n) is 18.0. The molecule has 72 heavy (non-hydrogen) atoms. The molecule has 0 bridgehead atoms. The fourth-order valence-corrected chi connectivity index (χ4v) is 10.7. The van der Waals surface area contributed by atoms with Crippen LogP contribution in [0.2, 0.25) is 0 Å². The average molecular weight is 1020 g/mol. The third kappa shape index (κ3) is 15.6. The van der Waals surface area contributed by atoms with Gasteiger partial charge in [0.2, 0.25) is 28.7 Å². The molecule has 3 aliphatic rings. The topological polar surface area (TPSA) is 324 Å². The van der Waals surface area contributed by atoms with Gasteiger partial charge in [0.05, 0.1) is 12.5 Å². The second kappa shape index (κ2) is 27.1. The Morgan fingerprint density at radius 3 is 2.00 bits per heavy atom. The molecule has 0 saturated carbocycles. The Labute approximate surface area is 420 Å². The molecule has 390 valence electrons. The Morgan fingerprint density at radius 1 is 0.764 bits per heavy atom. The number of benzene rings is 2. The van der Waals surface area contributed by atoms with E-state index < -0.39 is 95.6 Å². The number of nitrogens with one attached hydrogen (secondary N) is 5. The number of carboxylic acid groups (broad SMARTS) is 3. The summed E-state index contributed by atoms with van der Waals surface area (Å²) in [7, 11) is 0. The minimum atomic E-state index is -1.42. The largest absolute Gasteiger partial charge is 0.481 e. The highest BCUT2D eigenvalue weighted by Crippen LogP contribution is 2.49. The zero-order chi connectivity index (χ0) is 52.4. The van der Waals surface area contributed by atoms with Crippen molar-refractivity contribution < 1.29 is 72.8 Å². The van der Waals surface area contributed by atoms with Crippen LogP contribution >= 0.6 is 11.8 Å². The molecule has 8 atom stereocenters. The van der Waals surface area contributed by atoms with E-state index in [-0.39, 0.29) is 87.6 Å². The highest BCUT2D eigenvalue weighted by Gasteiger charge is 2.69. The quantitative estimate of drug-likeness (QED) is 0.0295. The van der Waals surface area contributed by atoms with Gasteiger partial charge in [-0.25, -0.2) is 14.4 Å². The molecule has 23 heteroatoms. The van der Waals surface area contributed by atoms with E-state index in [0.29, 0.717) is 25.7 Å². The van der Waals surface area contributed by atoms with Crippen molar-refractivity contribution in [3.63, 3.8) is 0 Å². The third-order valence-electron chi connectivity index (χ3n) is 12.8. The van der Waals surface area contributed by atoms with Gasteiger partial charge in [-0.3, -0.25) is 53.5 Å². The Balaban J connectivity index is 1.07. The number of aliphatic carboxylic acids is 3. The van der Waals surface area contributed by atoms with Crippen molar-refractivity contribution in [1.29, 1.82) is 0 Å². The fourth-order valence-electron chi connectivity index (χ4n) is 9.01. The lowest BCUT2D eigenvalue weighted by molar-refractivity contribution is -0.149. The first-order valence-electron chi connectivity index (χ1n) is 24.0. The summed E-state index contributed by atoms with van der Waals surface area (Å²) in [4.78, 5) is 141. The van der Waals surface area contributed by atoms with E-state index in [9.17, 15) is 63.0 Å². The van der Waals surface area contributed by atoms with Crippen molar-refractivity contribution in [2.75, 3.05) is 12.3 Å². The lowest BCUT2D eigenvalue weighted by Crippen LogP contribution is -2.58. The Bertz CT molecular complexity index is 2290. The standard InChI is InChI=1S/C49H63N7O15S/c1-30-44(64)56-38(47(68)69)28-72-49(56)54-37(45(65)55(30)49)27-50-43(63)33(24-31-14-8-6-9-15-31)26-39(59)36(25-32-16-10-7-11-17-32)51-40(60)19-13-5-3-2-4-12-18-34(58)20-21-35(46(66)67)52-48(70)53-41(71-29-57)22-23-42(61)62/h6-11,14-17,29-30,33,35-38,41,54H,2-5,12-13,18-28H2,1H3,(H,50,63)(H,51,60)(H,61,62)(H,66,67)(H,68,69)(H2,52,53,70)/t30?,33-,35+,36+,37+,38+,41-,49?/m1/s1. The molecule has 1 spiro atoms. The number of hydrogen-bond donors (Lipinski definition) is 8. The molecule has 3 fully saturated rings. The molecular weight excluding hydrogens is 959 g/mol. The molecule has 8 N–H and O–H groups in total. The van der Waals surface area contributed by atoms with E-state index in [2.05, 4.69) is 31.3 Å². The van der Waals surface area contributed by atoms with Gasteiger partial charge in [-0.15, -0.1) is 0 Å². The maximum absolute atomic E-state index is 14.2. The first kappa shape index (κ1) is 56.0. The van der Waals surface area contributed by atoms with E-state index in [1.165, 1.54) is 16.7 Å². The van der Waals surface area contributed by atoms with Crippen LogP contribution in [0, 0.1) is 5.92 Å². The predicted octanol–water partition coefficient (Wildman–Crippen LogP) is 2.08. The molecule has 3 aliphatic heterocycles. The SMILES string of the molecule is CC1C(=O)N2[C@H](C(=O)O)CSC23N[C@@H](CNC(=O)[C@@H](CC(=O)[C@H](Cc2ccccc2)NC(=O)CCCCCCCCC(=O)CC[C@H](NC(=O)N[C@@H](CCC(=O)O)OC=O)C(=O)O)Cc2ccccc2)C(=O)N13. The van der Waals surface area contributed by atoms with Gasteiger partial charge in [-0.1, -0.05) is 98.1 Å². The molecule has 6 amide bonds. The Kier molecular flexibility index (Phi) is 21.1. The van der Waals surface area contributed by atoms with Crippen molar-refractivity contribution in [2.24, 2.45) is 5.92 Å². The first-order chi connectivity index (χ1) is 34.4. The molecule has 0 aromatic heterocycles. The summed E-state index contributed by atoms with van der Waals surface area (Å²) >= 11 is 1.14. The number of amides is 6. The van der Waals surface area contributed by atoms with Crippen LogP contribution in [-0.4, -0.2) is 145 Å². The molecule has 2 aromatic rings. The summed E-state index contributed by atoms with van der Waals surface area (Å²) < 4.78 is 4.63. The van der Waals surface area contributed by atoms with Gasteiger partial charge in [0.15, 0.2) is 12.0 Å². The number of thioether (sulfide) groups is 1. The molecule has 3 heterocycles. The summed E-state index contributed by atoms with van der Waals surface area (Å²) in [5.41, 5.74) is 1.59. The van der Waals surface area contributed by atoms with Crippen LogP contribution in [0.25, 0.3) is 0 Å². The number of rotatable bonds is 32. The van der Waals surface area contributed by atoms with E-state index >= 15 is 0 Å². The Morgan fingerprint density at radius 2 is 1.39 bits per heavy atom. The summed E-state index contributed by atoms with van der Waals surface area (Å²) in [6, 6.07) is 11.9. The minimum absolute atomic E-state index is 0.0237. The third-order valence-corrected chi connectivity index (χ3v) is 14.2. The number of ether oxygens (including phenoxy) is 1. The van der Waals surface area contributed by atoms with E-state index in [4.69, 9.17) is 5.11 Å². The van der Waals surface area contributed by atoms with Crippen LogP contribution in [0.15, 0.2) is 60.7 Å². The zero-order valence-electron chi connectivity index (χ0n) is 40.0. The van der Waals surface area contributed by atoms with Crippen molar-refractivity contribution in [2.45, 2.75) is 145 Å². The number of urea groups is 1. The van der Waals surface area contributed by atoms with Gasteiger partial charge < -0.3 is 41.3 Å². The highest BCUT2D eigenvalue weighted by atomic mass is 32.2. The smallest absolute Gasteiger partial charge is 0.327 e. The second-order valence-corrected chi connectivity index (χ2v) is 19.2. The molecule has 0 aliphatic carbocycles. The maximum atomic E-state index is 14.2. The number of carbonyl (C=O) groups excluding carboxylic acids is 8. The van der Waals surface area contributed by atoms with Crippen LogP contribution in [-0.2, 0) is 65.5 Å². The van der Waals surface area contributed by atoms with Gasteiger partial charge >= 0.3 is 23.9 Å². The van der Waals surface area contributed by atoms with Gasteiger partial charge in [-0.2, -0.15) is 0 Å². The van der Waals surface area contributed by atoms with E-state index in [1.54, 1.807) is 0 Å². The van der Waals surface area contributed by atoms with Gasteiger partial charge in [0, 0.05) is 50.3 Å². The summed E-state index contributed by atoms with van der Waals surface area (Å²) in [6.07, 6.45) is 2.24. The monoisotopic (exact) mass is 1020 g/mol. The lowest BCUT2D eigenvalue weighted by atomic mass is 9.89. The van der Waals surface area contributed by atoms with E-state index in [1.807, 2.05) is 60.7 Å². The molecule has 2 unspecified atom stereocenters. The average Bonchev–Trinajstić information content (AvgIpc) is 3.93. The predicted molar refractivity (Wildman–Crippen MR) is 257 cm³/mol. The zero-order valence-corrected chi connectivity index (χ0v) is 40.8. The van der Waals surface area contributed by atoms with Crippen LogP contribution in [0.5, 0.6) is 0 Å². The molecule has 3 saturated heterocycles. The van der Waals surface area contributed by atoms with Crippen molar-refractivity contribution in [3.05, 3.63) is 71.8 Å². The van der Waals surface area contributed by atoms with Gasteiger partial charge in [-0.05, 0) is 50.2 Å². The summed E-state index contributed by atoms with van der Waals surface area (Å²) in [5, 5.41) is 40.0. The highest BCUT2D eigenvalue weighted by molar-refractivity contribution is 8.00. The molecular formula is C49H63N7O15S. The van der Waals surface area contributed by atoms with Crippen molar-refractivity contribution >= 4 is 77.4 Å². The molecule has 5 rings (SSSR count). The van der Waals surface area contributed by atoms with Crippen LogP contribution < -0.4 is 26.6 Å². The van der Waals surface area contributed by atoms with Gasteiger partial charge in [0.1, 0.15) is 30.0 Å². The number of carbonyl (C=O) groups is 11. The molecule has 0 radical (unpaired) electrons. The summed E-state index contributed by atoms with van der Waals surface area (Å²) in [5.74, 6) is -6.93.